The van der Waals surface area contributed by atoms with Crippen LogP contribution in [-0.2, 0) is 18.5 Å². The lowest BCUT2D eigenvalue weighted by Crippen LogP contribution is -2.12. The first-order valence-electron chi connectivity index (χ1n) is 17.5. The van der Waals surface area contributed by atoms with E-state index < -0.39 is 92.9 Å². The molecule has 0 radical (unpaired) electrons. The molecule has 0 N–H and O–H groups in total. The van der Waals surface area contributed by atoms with Gasteiger partial charge in [0.05, 0.1) is 16.7 Å². The second kappa shape index (κ2) is 17.3. The molecule has 6 aromatic carbocycles. The lowest BCUT2D eigenvalue weighted by atomic mass is 10.2. The fourth-order valence-electron chi connectivity index (χ4n) is 5.26. The van der Waals surface area contributed by atoms with Crippen molar-refractivity contribution in [3.05, 3.63) is 180 Å². The first kappa shape index (κ1) is 45.0. The molecule has 7 rings (SSSR count). The van der Waals surface area contributed by atoms with E-state index in [4.69, 9.17) is 27.1 Å². The fraction of sp³-hybridized carbons (Fsp3) is 0.0769. The first-order chi connectivity index (χ1) is 29.6. The maximum atomic E-state index is 14.2. The van der Waals surface area contributed by atoms with Gasteiger partial charge < -0.3 is 27.1 Å². The lowest BCUT2D eigenvalue weighted by Gasteiger charge is -2.33. The molecule has 330 valence electrons. The molecule has 1 aliphatic heterocycles. The topological polar surface area (TPSA) is 92.5 Å². The lowest BCUT2D eigenvalue weighted by molar-refractivity contribution is -0.138. The van der Waals surface area contributed by atoms with Crippen LogP contribution in [0.4, 0.5) is 52.7 Å². The number of rotatable bonds is 12. The molecule has 0 aromatic heterocycles. The van der Waals surface area contributed by atoms with Gasteiger partial charge in [0.25, 0.3) is 0 Å². The van der Waals surface area contributed by atoms with Gasteiger partial charge in [-0.05, 0) is 127 Å². The molecular formula is C39H24F12N3O6P3. The molecule has 1 heterocycles. The van der Waals surface area contributed by atoms with Crippen LogP contribution in [0, 0.1) is 17.5 Å². The SMILES string of the molecule is Fc1ccc(OP2(Oc3ccc(F)cc3)=NP(Oc3ccc(F)cc3)(Oc3cccc(C(F)(F)F)c3)=NP(Oc3cccc(C(F)(F)F)c3)(Oc3cccc(C(F)(F)F)c3)=N2)cc1. The van der Waals surface area contributed by atoms with Crippen LogP contribution in [-0.4, -0.2) is 0 Å². The molecule has 0 saturated carbocycles. The van der Waals surface area contributed by atoms with Gasteiger partial charge in [0.15, 0.2) is 0 Å². The van der Waals surface area contributed by atoms with Crippen LogP contribution in [0.2, 0.25) is 0 Å². The molecule has 0 bridgehead atoms. The van der Waals surface area contributed by atoms with Crippen LogP contribution in [0.15, 0.2) is 159 Å². The van der Waals surface area contributed by atoms with Gasteiger partial charge in [0, 0.05) is 0 Å². The van der Waals surface area contributed by atoms with Crippen molar-refractivity contribution < 1.29 is 79.8 Å². The van der Waals surface area contributed by atoms with E-state index >= 15 is 0 Å². The van der Waals surface area contributed by atoms with Crippen molar-refractivity contribution in [1.29, 1.82) is 0 Å². The zero-order valence-corrected chi connectivity index (χ0v) is 33.7. The summed E-state index contributed by atoms with van der Waals surface area (Å²) in [5, 5.41) is 0. The largest absolute Gasteiger partial charge is 0.460 e. The Labute approximate surface area is 348 Å². The number of benzene rings is 6. The number of hydrogen-bond donors (Lipinski definition) is 0. The molecule has 9 nitrogen and oxygen atoms in total. The van der Waals surface area contributed by atoms with Crippen molar-refractivity contribution in [2.45, 2.75) is 18.5 Å². The molecule has 24 heteroatoms. The highest BCUT2D eigenvalue weighted by molar-refractivity contribution is 7.79. The van der Waals surface area contributed by atoms with E-state index in [-0.39, 0.29) is 17.2 Å². The smallest absolute Gasteiger partial charge is 0.413 e. The van der Waals surface area contributed by atoms with Crippen LogP contribution in [0.3, 0.4) is 0 Å². The van der Waals surface area contributed by atoms with E-state index in [1.807, 2.05) is 0 Å². The Hall–Kier alpha value is -6.03. The summed E-state index contributed by atoms with van der Waals surface area (Å²) < 4.78 is 220. The van der Waals surface area contributed by atoms with E-state index in [2.05, 4.69) is 13.5 Å². The molecule has 1 unspecified atom stereocenters. The third-order valence-electron chi connectivity index (χ3n) is 7.95. The van der Waals surface area contributed by atoms with E-state index in [1.165, 1.54) is 0 Å². The summed E-state index contributed by atoms with van der Waals surface area (Å²) in [5.41, 5.74) is -3.91. The second-order valence-corrected chi connectivity index (χ2v) is 18.9. The Bertz CT molecular complexity index is 2670. The zero-order chi connectivity index (χ0) is 45.3. The highest BCUT2D eigenvalue weighted by atomic mass is 31.3. The summed E-state index contributed by atoms with van der Waals surface area (Å²) in [4.78, 5) is 0. The Morgan fingerprint density at radius 1 is 0.302 bits per heavy atom. The number of halogens is 12. The molecule has 0 amide bonds. The predicted octanol–water partition coefficient (Wildman–Crippen LogP) is 15.8. The van der Waals surface area contributed by atoms with Gasteiger partial charge >= 0.3 is 41.5 Å². The molecule has 63 heavy (non-hydrogen) atoms. The molecule has 1 aliphatic rings. The average Bonchev–Trinajstić information content (AvgIpc) is 3.20. The summed E-state index contributed by atoms with van der Waals surface area (Å²) in [5.74, 6) is -5.66. The Morgan fingerprint density at radius 2 is 0.524 bits per heavy atom. The Morgan fingerprint density at radius 3 is 0.746 bits per heavy atom. The summed E-state index contributed by atoms with van der Waals surface area (Å²) in [6.45, 7) is 0. The standard InChI is InChI=1S/C39H24F12N3O6P3/c40-28-10-16-31(17-11-28)55-61(56-32-18-12-29(41)13-19-32)52-62(57-33-20-14-30(42)15-21-33,58-34-7-1-4-25(22-34)37(43,44)45)54-63(53-61,59-35-8-2-5-26(23-35)38(46,47)48)60-36-9-3-6-27(24-36)39(49,50)51/h1-24H. The normalized spacial score (nSPS) is 17.0. The van der Waals surface area contributed by atoms with E-state index in [9.17, 15) is 52.7 Å². The molecule has 0 aliphatic carbocycles. The van der Waals surface area contributed by atoms with Crippen LogP contribution in [0.25, 0.3) is 0 Å². The molecule has 6 aromatic rings. The van der Waals surface area contributed by atoms with Gasteiger partial charge in [-0.15, -0.1) is 0 Å². The van der Waals surface area contributed by atoms with Crippen molar-refractivity contribution >= 4 is 23.0 Å². The van der Waals surface area contributed by atoms with Crippen molar-refractivity contribution in [1.82, 2.24) is 0 Å². The number of nitrogens with zero attached hydrogens (tertiary/aromatic N) is 3. The molecule has 0 spiro atoms. The van der Waals surface area contributed by atoms with E-state index in [0.29, 0.717) is 36.4 Å². The predicted molar refractivity (Wildman–Crippen MR) is 205 cm³/mol. The third kappa shape index (κ3) is 11.3. The van der Waals surface area contributed by atoms with Crippen molar-refractivity contribution in [2.24, 2.45) is 13.5 Å². The average molecular weight is 952 g/mol. The van der Waals surface area contributed by atoms with E-state index in [0.717, 1.165) is 109 Å². The summed E-state index contributed by atoms with van der Waals surface area (Å²) in [6.07, 6.45) is -15.0. The third-order valence-corrected chi connectivity index (χ3v) is 16.1. The molecule has 0 fully saturated rings. The zero-order valence-electron chi connectivity index (χ0n) is 31.0. The van der Waals surface area contributed by atoms with Gasteiger partial charge in [-0.3, -0.25) is 0 Å². The monoisotopic (exact) mass is 951 g/mol. The van der Waals surface area contributed by atoms with E-state index in [1.54, 1.807) is 0 Å². The Balaban J connectivity index is 1.61. The van der Waals surface area contributed by atoms with Gasteiger partial charge in [-0.1, -0.05) is 31.7 Å². The van der Waals surface area contributed by atoms with Gasteiger partial charge in [-0.2, -0.15) is 39.5 Å². The molecule has 0 saturated heterocycles. The fourth-order valence-corrected chi connectivity index (χ4v) is 14.3. The summed E-state index contributed by atoms with van der Waals surface area (Å²) >= 11 is 0. The molecule has 1 atom stereocenters. The van der Waals surface area contributed by atoms with Gasteiger partial charge in [0.1, 0.15) is 51.9 Å². The minimum atomic E-state index is -5.27. The molecular weight excluding hydrogens is 927 g/mol. The van der Waals surface area contributed by atoms with Crippen LogP contribution >= 0.6 is 23.0 Å². The highest BCUT2D eigenvalue weighted by Crippen LogP contribution is 2.78. The number of alkyl halides is 9. The van der Waals surface area contributed by atoms with Crippen LogP contribution < -0.4 is 27.1 Å². The summed E-state index contributed by atoms with van der Waals surface area (Å²) in [6, 6.07) is 20.4. The minimum Gasteiger partial charge on any atom is -0.413 e. The number of hydrogen-bond acceptors (Lipinski definition) is 9. The quantitative estimate of drug-likeness (QED) is 0.0896. The maximum absolute atomic E-state index is 14.2. The second-order valence-electron chi connectivity index (χ2n) is 12.7. The Kier molecular flexibility index (Phi) is 12.3. The van der Waals surface area contributed by atoms with Crippen molar-refractivity contribution in [3.8, 4) is 34.5 Å². The maximum Gasteiger partial charge on any atom is 0.460 e. The van der Waals surface area contributed by atoms with Crippen LogP contribution in [0.5, 0.6) is 34.5 Å². The van der Waals surface area contributed by atoms with Crippen molar-refractivity contribution in [2.75, 3.05) is 0 Å². The summed E-state index contributed by atoms with van der Waals surface area (Å²) in [7, 11) is -15.4. The highest BCUT2D eigenvalue weighted by Gasteiger charge is 2.49. The van der Waals surface area contributed by atoms with Gasteiger partial charge in [0.2, 0.25) is 0 Å². The van der Waals surface area contributed by atoms with Gasteiger partial charge in [-0.25, -0.2) is 13.2 Å². The van der Waals surface area contributed by atoms with Crippen LogP contribution in [0.1, 0.15) is 16.7 Å². The van der Waals surface area contributed by atoms with Crippen molar-refractivity contribution in [3.63, 3.8) is 0 Å². The minimum absolute atomic E-state index is 0.337. The first-order valence-corrected chi connectivity index (χ1v) is 22.1.